The lowest BCUT2D eigenvalue weighted by molar-refractivity contribution is -0.157. The zero-order valence-corrected chi connectivity index (χ0v) is 7.67. The maximum atomic E-state index is 11.2. The molecule has 5 heteroatoms. The van der Waals surface area contributed by atoms with Gasteiger partial charge in [-0.15, -0.1) is 0 Å². The summed E-state index contributed by atoms with van der Waals surface area (Å²) in [7, 11) is 0. The van der Waals surface area contributed by atoms with E-state index in [1.54, 1.807) is 12.1 Å². The van der Waals surface area contributed by atoms with Crippen LogP contribution in [0, 0.1) is 0 Å². The number of aliphatic carboxylic acids is 1. The molecule has 5 nitrogen and oxygen atoms in total. The highest BCUT2D eigenvalue weighted by molar-refractivity contribution is 5.76. The molecule has 76 valence electrons. The van der Waals surface area contributed by atoms with E-state index < -0.39 is 11.6 Å². The van der Waals surface area contributed by atoms with E-state index in [9.17, 15) is 14.7 Å². The minimum atomic E-state index is -1.93. The van der Waals surface area contributed by atoms with E-state index in [2.05, 4.69) is 0 Å². The van der Waals surface area contributed by atoms with Crippen LogP contribution in [0.1, 0.15) is 6.92 Å². The molecule has 0 fully saturated rings. The van der Waals surface area contributed by atoms with Crippen molar-refractivity contribution in [3.63, 3.8) is 0 Å². The Labute approximate surface area is 80.2 Å². The second-order valence-corrected chi connectivity index (χ2v) is 3.25. The Morgan fingerprint density at radius 3 is 2.71 bits per heavy atom. The Morgan fingerprint density at radius 2 is 2.21 bits per heavy atom. The largest absolute Gasteiger partial charge is 0.479 e. The summed E-state index contributed by atoms with van der Waals surface area (Å²) in [5.74, 6) is -1.35. The average molecular weight is 197 g/mol. The van der Waals surface area contributed by atoms with Crippen molar-refractivity contribution >= 4 is 5.97 Å². The quantitative estimate of drug-likeness (QED) is 0.696. The third-order valence-corrected chi connectivity index (χ3v) is 1.84. The van der Waals surface area contributed by atoms with Crippen molar-refractivity contribution in [3.8, 4) is 0 Å². The molecule has 0 bridgehead atoms. The van der Waals surface area contributed by atoms with Gasteiger partial charge in [0.25, 0.3) is 5.56 Å². The third kappa shape index (κ3) is 2.20. The minimum Gasteiger partial charge on any atom is -0.479 e. The van der Waals surface area contributed by atoms with Crippen LogP contribution < -0.4 is 5.56 Å². The first-order chi connectivity index (χ1) is 6.43. The normalized spacial score (nSPS) is 14.7. The summed E-state index contributed by atoms with van der Waals surface area (Å²) in [5, 5.41) is 18.0. The summed E-state index contributed by atoms with van der Waals surface area (Å²) >= 11 is 0. The van der Waals surface area contributed by atoms with Crippen molar-refractivity contribution in [1.82, 2.24) is 4.57 Å². The molecule has 0 aliphatic heterocycles. The van der Waals surface area contributed by atoms with Crippen LogP contribution >= 0.6 is 0 Å². The summed E-state index contributed by atoms with van der Waals surface area (Å²) in [6.07, 6.45) is 1.43. The summed E-state index contributed by atoms with van der Waals surface area (Å²) in [6, 6.07) is 4.45. The zero-order chi connectivity index (χ0) is 10.8. The van der Waals surface area contributed by atoms with Crippen molar-refractivity contribution in [2.45, 2.75) is 19.1 Å². The number of carboxylic acids is 1. The third-order valence-electron chi connectivity index (χ3n) is 1.84. The maximum Gasteiger partial charge on any atom is 0.337 e. The number of aliphatic hydroxyl groups is 1. The van der Waals surface area contributed by atoms with Crippen molar-refractivity contribution in [2.75, 3.05) is 0 Å². The fourth-order valence-electron chi connectivity index (χ4n) is 0.991. The molecule has 0 aromatic carbocycles. The number of aromatic nitrogens is 1. The van der Waals surface area contributed by atoms with Crippen LogP contribution in [-0.2, 0) is 11.3 Å². The molecule has 0 spiro atoms. The van der Waals surface area contributed by atoms with Crippen LogP contribution in [0.25, 0.3) is 0 Å². The molecule has 0 amide bonds. The van der Waals surface area contributed by atoms with Gasteiger partial charge in [-0.05, 0) is 13.0 Å². The number of carboxylic acid groups (broad SMARTS) is 1. The highest BCUT2D eigenvalue weighted by atomic mass is 16.4. The molecule has 2 N–H and O–H groups in total. The lowest BCUT2D eigenvalue weighted by Gasteiger charge is -2.18. The molecule has 0 radical (unpaired) electrons. The Hall–Kier alpha value is -1.62. The Bertz CT molecular complexity index is 394. The fourth-order valence-corrected chi connectivity index (χ4v) is 0.991. The van der Waals surface area contributed by atoms with Crippen molar-refractivity contribution in [2.24, 2.45) is 0 Å². The topological polar surface area (TPSA) is 79.5 Å². The van der Waals surface area contributed by atoms with Gasteiger partial charge in [-0.25, -0.2) is 4.79 Å². The van der Waals surface area contributed by atoms with E-state index in [1.807, 2.05) is 0 Å². The van der Waals surface area contributed by atoms with Gasteiger partial charge in [-0.3, -0.25) is 4.79 Å². The average Bonchev–Trinajstić information content (AvgIpc) is 2.08. The molecular formula is C9H11NO4. The van der Waals surface area contributed by atoms with Crippen LogP contribution in [0.15, 0.2) is 29.2 Å². The Balaban J connectivity index is 2.95. The Kier molecular flexibility index (Phi) is 2.71. The SMILES string of the molecule is C[C@@](O)(Cn1ccccc1=O)C(=O)O. The molecule has 0 aliphatic rings. The number of rotatable bonds is 3. The summed E-state index contributed by atoms with van der Waals surface area (Å²) in [4.78, 5) is 21.7. The van der Waals surface area contributed by atoms with Gasteiger partial charge in [0, 0.05) is 12.3 Å². The van der Waals surface area contributed by atoms with Gasteiger partial charge >= 0.3 is 5.97 Å². The van der Waals surface area contributed by atoms with Crippen molar-refractivity contribution in [1.29, 1.82) is 0 Å². The molecule has 1 aromatic rings. The van der Waals surface area contributed by atoms with Crippen LogP contribution in [-0.4, -0.2) is 26.4 Å². The highest BCUT2D eigenvalue weighted by Gasteiger charge is 2.30. The molecular weight excluding hydrogens is 186 g/mol. The van der Waals surface area contributed by atoms with Crippen molar-refractivity contribution < 1.29 is 15.0 Å². The molecule has 14 heavy (non-hydrogen) atoms. The molecule has 1 atom stereocenters. The van der Waals surface area contributed by atoms with Gasteiger partial charge in [0.05, 0.1) is 6.54 Å². The zero-order valence-electron chi connectivity index (χ0n) is 7.67. The molecule has 1 heterocycles. The van der Waals surface area contributed by atoms with Crippen LogP contribution in [0.5, 0.6) is 0 Å². The van der Waals surface area contributed by atoms with E-state index >= 15 is 0 Å². The lowest BCUT2D eigenvalue weighted by Crippen LogP contribution is -2.41. The lowest BCUT2D eigenvalue weighted by atomic mass is 10.1. The predicted octanol–water partition coefficient (Wildman–Crippen LogP) is -0.316. The standard InChI is InChI=1S/C9H11NO4/c1-9(14,8(12)13)6-10-5-3-2-4-7(10)11/h2-5,14H,6H2,1H3,(H,12,13)/t9-/m1/s1. The van der Waals surface area contributed by atoms with Gasteiger partial charge in [0.1, 0.15) is 0 Å². The molecule has 0 saturated heterocycles. The van der Waals surface area contributed by atoms with E-state index in [0.717, 1.165) is 11.5 Å². The number of carbonyl (C=O) groups is 1. The van der Waals surface area contributed by atoms with Crippen molar-refractivity contribution in [3.05, 3.63) is 34.7 Å². The van der Waals surface area contributed by atoms with Gasteiger partial charge in [-0.1, -0.05) is 6.07 Å². The monoisotopic (exact) mass is 197 g/mol. The second kappa shape index (κ2) is 3.63. The predicted molar refractivity (Wildman–Crippen MR) is 49.0 cm³/mol. The Morgan fingerprint density at radius 1 is 1.57 bits per heavy atom. The summed E-state index contributed by atoms with van der Waals surface area (Å²) in [6.45, 7) is 0.886. The number of nitrogens with zero attached hydrogens (tertiary/aromatic N) is 1. The summed E-state index contributed by atoms with van der Waals surface area (Å²) in [5.41, 5.74) is -2.26. The maximum absolute atomic E-state index is 11.2. The minimum absolute atomic E-state index is 0.262. The van der Waals surface area contributed by atoms with Crippen LogP contribution in [0.2, 0.25) is 0 Å². The van der Waals surface area contributed by atoms with Gasteiger partial charge in [-0.2, -0.15) is 0 Å². The number of hydrogen-bond acceptors (Lipinski definition) is 3. The van der Waals surface area contributed by atoms with Crippen LogP contribution in [0.3, 0.4) is 0 Å². The number of hydrogen-bond donors (Lipinski definition) is 2. The van der Waals surface area contributed by atoms with E-state index in [-0.39, 0.29) is 12.1 Å². The molecule has 0 saturated carbocycles. The van der Waals surface area contributed by atoms with Crippen LogP contribution in [0.4, 0.5) is 0 Å². The smallest absolute Gasteiger partial charge is 0.337 e. The highest BCUT2D eigenvalue weighted by Crippen LogP contribution is 2.05. The number of pyridine rings is 1. The van der Waals surface area contributed by atoms with Gasteiger partial charge in [0.2, 0.25) is 0 Å². The van der Waals surface area contributed by atoms with E-state index in [4.69, 9.17) is 5.11 Å². The van der Waals surface area contributed by atoms with E-state index in [1.165, 1.54) is 12.3 Å². The molecule has 0 unspecified atom stereocenters. The fraction of sp³-hybridized carbons (Fsp3) is 0.333. The first kappa shape index (κ1) is 10.5. The molecule has 0 aliphatic carbocycles. The van der Waals surface area contributed by atoms with E-state index in [0.29, 0.717) is 0 Å². The first-order valence-corrected chi connectivity index (χ1v) is 4.05. The molecule has 1 aromatic heterocycles. The molecule has 1 rings (SSSR count). The van der Waals surface area contributed by atoms with Gasteiger partial charge in [0.15, 0.2) is 5.60 Å². The van der Waals surface area contributed by atoms with Gasteiger partial charge < -0.3 is 14.8 Å². The second-order valence-electron chi connectivity index (χ2n) is 3.25. The first-order valence-electron chi connectivity index (χ1n) is 4.05. The summed E-state index contributed by atoms with van der Waals surface area (Å²) < 4.78 is 1.15.